The monoisotopic (exact) mass is 459 g/mol. The molecule has 2 heterocycles. The number of aromatic nitrogens is 1. The summed E-state index contributed by atoms with van der Waals surface area (Å²) in [6, 6.07) is 13.8. The molecule has 2 aromatic rings. The molecule has 0 amide bonds. The summed E-state index contributed by atoms with van der Waals surface area (Å²) in [5.41, 5.74) is 1.40. The van der Waals surface area contributed by atoms with Gasteiger partial charge < -0.3 is 14.7 Å². The van der Waals surface area contributed by atoms with Gasteiger partial charge in [-0.05, 0) is 55.7 Å². The number of hydrogen-bond donors (Lipinski definition) is 2. The average molecular weight is 460 g/mol. The van der Waals surface area contributed by atoms with E-state index in [4.69, 9.17) is 4.74 Å². The molecule has 1 aromatic carbocycles. The first-order valence-corrected chi connectivity index (χ1v) is 13.3. The highest BCUT2D eigenvalue weighted by Crippen LogP contribution is 2.35. The summed E-state index contributed by atoms with van der Waals surface area (Å²) in [6.07, 6.45) is 7.95. The van der Waals surface area contributed by atoms with Gasteiger partial charge in [0.05, 0.1) is 19.0 Å². The highest BCUT2D eigenvalue weighted by Gasteiger charge is 2.34. The van der Waals surface area contributed by atoms with Crippen molar-refractivity contribution in [2.75, 3.05) is 30.9 Å². The van der Waals surface area contributed by atoms with Crippen LogP contribution >= 0.6 is 0 Å². The van der Waals surface area contributed by atoms with Gasteiger partial charge in [0.25, 0.3) is 0 Å². The second kappa shape index (κ2) is 10.2. The molecule has 2 fully saturated rings. The molecule has 2 unspecified atom stereocenters. The lowest BCUT2D eigenvalue weighted by atomic mass is 9.82. The number of pyridine rings is 1. The van der Waals surface area contributed by atoms with Crippen molar-refractivity contribution in [2.24, 2.45) is 5.92 Å². The van der Waals surface area contributed by atoms with Gasteiger partial charge in [-0.15, -0.1) is 0 Å². The Hall–Kier alpha value is -2.16. The molecule has 4 rings (SSSR count). The van der Waals surface area contributed by atoms with Crippen LogP contribution in [0.3, 0.4) is 0 Å². The molecular formula is C24H33N3O4S. The van der Waals surface area contributed by atoms with Crippen molar-refractivity contribution in [3.05, 3.63) is 54.2 Å². The van der Waals surface area contributed by atoms with Gasteiger partial charge >= 0.3 is 0 Å². The number of nitrogens with one attached hydrogen (secondary N) is 1. The molecule has 1 aromatic heterocycles. The second-order valence-corrected chi connectivity index (χ2v) is 10.8. The third-order valence-electron chi connectivity index (χ3n) is 6.66. The van der Waals surface area contributed by atoms with E-state index >= 15 is 0 Å². The Morgan fingerprint density at radius 2 is 1.84 bits per heavy atom. The molecule has 1 saturated carbocycles. The number of ether oxygens (including phenoxy) is 1. The first-order valence-electron chi connectivity index (χ1n) is 11.4. The minimum absolute atomic E-state index is 0.0215. The standard InChI is InChI=1S/C24H33N3O4S/c1-32(29,30)26-22-13-15-27(24-23(28)8-5-14-25-24)16-20(22)17-31-21-11-9-19(10-12-21)18-6-3-2-4-7-18/h2-8,14,19-22,26,28H,9-13,15-17H2,1H3. The molecule has 2 N–H and O–H groups in total. The number of rotatable bonds is 7. The summed E-state index contributed by atoms with van der Waals surface area (Å²) in [5, 5.41) is 10.2. The van der Waals surface area contributed by atoms with Crippen molar-refractivity contribution in [3.63, 3.8) is 0 Å². The van der Waals surface area contributed by atoms with E-state index in [0.717, 1.165) is 25.7 Å². The van der Waals surface area contributed by atoms with Crippen LogP contribution in [-0.4, -0.2) is 56.6 Å². The Morgan fingerprint density at radius 3 is 2.53 bits per heavy atom. The van der Waals surface area contributed by atoms with Crippen LogP contribution < -0.4 is 9.62 Å². The fraction of sp³-hybridized carbons (Fsp3) is 0.542. The fourth-order valence-electron chi connectivity index (χ4n) is 5.00. The molecule has 0 bridgehead atoms. The lowest BCUT2D eigenvalue weighted by molar-refractivity contribution is -0.00216. The Kier molecular flexibility index (Phi) is 7.33. The van der Waals surface area contributed by atoms with Gasteiger partial charge in [-0.25, -0.2) is 18.1 Å². The van der Waals surface area contributed by atoms with Crippen LogP contribution in [0.5, 0.6) is 5.75 Å². The van der Waals surface area contributed by atoms with Crippen LogP contribution in [0, 0.1) is 5.92 Å². The van der Waals surface area contributed by atoms with Crippen molar-refractivity contribution < 1.29 is 18.3 Å². The normalized spacial score (nSPS) is 26.7. The van der Waals surface area contributed by atoms with Gasteiger partial charge in [0.1, 0.15) is 0 Å². The number of hydrogen-bond acceptors (Lipinski definition) is 6. The van der Waals surface area contributed by atoms with Crippen LogP contribution in [0.15, 0.2) is 48.7 Å². The smallest absolute Gasteiger partial charge is 0.208 e. The Morgan fingerprint density at radius 1 is 1.09 bits per heavy atom. The molecule has 0 radical (unpaired) electrons. The van der Waals surface area contributed by atoms with Crippen molar-refractivity contribution in [3.8, 4) is 5.75 Å². The van der Waals surface area contributed by atoms with E-state index < -0.39 is 10.0 Å². The molecule has 1 aliphatic heterocycles. The minimum atomic E-state index is -3.32. The topological polar surface area (TPSA) is 91.8 Å². The maximum Gasteiger partial charge on any atom is 0.208 e. The van der Waals surface area contributed by atoms with Crippen LogP contribution in [0.4, 0.5) is 5.82 Å². The van der Waals surface area contributed by atoms with Gasteiger partial charge in [-0.2, -0.15) is 0 Å². The molecule has 7 nitrogen and oxygen atoms in total. The van der Waals surface area contributed by atoms with E-state index in [2.05, 4.69) is 40.0 Å². The molecule has 32 heavy (non-hydrogen) atoms. The summed E-state index contributed by atoms with van der Waals surface area (Å²) in [5.74, 6) is 1.25. The van der Waals surface area contributed by atoms with Gasteiger partial charge in [0.15, 0.2) is 11.6 Å². The molecule has 2 aliphatic rings. The third kappa shape index (κ3) is 5.99. The number of anilines is 1. The predicted molar refractivity (Wildman–Crippen MR) is 125 cm³/mol. The second-order valence-electron chi connectivity index (χ2n) is 9.06. The average Bonchev–Trinajstić information content (AvgIpc) is 2.79. The van der Waals surface area contributed by atoms with Crippen molar-refractivity contribution in [1.82, 2.24) is 9.71 Å². The van der Waals surface area contributed by atoms with Gasteiger partial charge in [-0.1, -0.05) is 30.3 Å². The molecule has 1 saturated heterocycles. The van der Waals surface area contributed by atoms with E-state index in [9.17, 15) is 13.5 Å². The van der Waals surface area contributed by atoms with Crippen LogP contribution in [0.25, 0.3) is 0 Å². The summed E-state index contributed by atoms with van der Waals surface area (Å²) in [6.45, 7) is 1.69. The zero-order chi connectivity index (χ0) is 22.6. The van der Waals surface area contributed by atoms with E-state index in [0.29, 0.717) is 37.9 Å². The van der Waals surface area contributed by atoms with E-state index in [1.54, 1.807) is 18.3 Å². The SMILES string of the molecule is CS(=O)(=O)NC1CCN(c2ncccc2O)CC1COC1CCC(c2ccccc2)CC1. The maximum atomic E-state index is 11.9. The lowest BCUT2D eigenvalue weighted by Crippen LogP contribution is -2.52. The predicted octanol–water partition coefficient (Wildman–Crippen LogP) is 3.27. The molecule has 174 valence electrons. The number of piperidine rings is 1. The van der Waals surface area contributed by atoms with Crippen molar-refractivity contribution >= 4 is 15.8 Å². The van der Waals surface area contributed by atoms with Gasteiger partial charge in [0.2, 0.25) is 10.0 Å². The number of nitrogens with zero attached hydrogens (tertiary/aromatic N) is 2. The van der Waals surface area contributed by atoms with Crippen LogP contribution in [0.1, 0.15) is 43.6 Å². The zero-order valence-corrected chi connectivity index (χ0v) is 19.4. The Labute approximate surface area is 190 Å². The fourth-order valence-corrected chi connectivity index (χ4v) is 5.86. The van der Waals surface area contributed by atoms with Crippen molar-refractivity contribution in [2.45, 2.75) is 50.2 Å². The maximum absolute atomic E-state index is 11.9. The quantitative estimate of drug-likeness (QED) is 0.660. The summed E-state index contributed by atoms with van der Waals surface area (Å²) in [7, 11) is -3.32. The summed E-state index contributed by atoms with van der Waals surface area (Å²) >= 11 is 0. The first kappa shape index (κ1) is 23.0. The van der Waals surface area contributed by atoms with Crippen LogP contribution in [-0.2, 0) is 14.8 Å². The van der Waals surface area contributed by atoms with E-state index in [-0.39, 0.29) is 23.8 Å². The molecule has 8 heteroatoms. The van der Waals surface area contributed by atoms with Crippen molar-refractivity contribution in [1.29, 1.82) is 0 Å². The largest absolute Gasteiger partial charge is 0.504 e. The number of aromatic hydroxyl groups is 1. The summed E-state index contributed by atoms with van der Waals surface area (Å²) in [4.78, 5) is 6.34. The van der Waals surface area contributed by atoms with E-state index in [1.807, 2.05) is 4.90 Å². The first-order chi connectivity index (χ1) is 15.4. The number of benzene rings is 1. The highest BCUT2D eigenvalue weighted by atomic mass is 32.2. The molecule has 0 spiro atoms. The zero-order valence-electron chi connectivity index (χ0n) is 18.6. The van der Waals surface area contributed by atoms with Gasteiger partial charge in [0, 0.05) is 31.2 Å². The van der Waals surface area contributed by atoms with E-state index in [1.165, 1.54) is 11.8 Å². The van der Waals surface area contributed by atoms with Gasteiger partial charge in [-0.3, -0.25) is 0 Å². The molecular weight excluding hydrogens is 426 g/mol. The van der Waals surface area contributed by atoms with Crippen LogP contribution in [0.2, 0.25) is 0 Å². The lowest BCUT2D eigenvalue weighted by Gasteiger charge is -2.40. The molecule has 1 aliphatic carbocycles. The molecule has 2 atom stereocenters. The number of sulfonamides is 1. The highest BCUT2D eigenvalue weighted by molar-refractivity contribution is 7.88. The Balaban J connectivity index is 1.36. The summed E-state index contributed by atoms with van der Waals surface area (Å²) < 4.78 is 32.9. The Bertz CT molecular complexity index is 978. The third-order valence-corrected chi connectivity index (χ3v) is 7.39. The minimum Gasteiger partial charge on any atom is -0.504 e.